The van der Waals surface area contributed by atoms with Crippen LogP contribution in [0, 0.1) is 0 Å². The third-order valence-electron chi connectivity index (χ3n) is 6.72. The molecule has 0 bridgehead atoms. The van der Waals surface area contributed by atoms with Crippen LogP contribution in [0.15, 0.2) is 24.4 Å². The van der Waals surface area contributed by atoms with Gasteiger partial charge in [-0.1, -0.05) is 23.7 Å². The third-order valence-corrected chi connectivity index (χ3v) is 7.00. The molecule has 2 unspecified atom stereocenters. The number of nitrogens with zero attached hydrogens (tertiary/aromatic N) is 3. The molecule has 0 spiro atoms. The number of aromatic nitrogens is 2. The third kappa shape index (κ3) is 4.87. The molecule has 2 atom stereocenters. The first kappa shape index (κ1) is 23.0. The molecule has 2 aliphatic heterocycles. The van der Waals surface area contributed by atoms with Gasteiger partial charge in [0.15, 0.2) is 0 Å². The Morgan fingerprint density at radius 2 is 2.06 bits per heavy atom. The standard InChI is InChI=1S/C24H28ClN5O4/c25-18-11-26-24(27-16-6-8-34-9-7-16)29-22(18)14-4-5-15-12-30(23(33)17(15)10-14)13-21(32)28-19-2-1-3-20(19)31/h4-5,10-11,16,19-20,31H,1-3,6-9,12-13H2,(H,28,32)(H,26,27,29). The quantitative estimate of drug-likeness (QED) is 0.575. The van der Waals surface area contributed by atoms with Crippen molar-refractivity contribution in [3.05, 3.63) is 40.5 Å². The Hall–Kier alpha value is -2.75. The number of fused-ring (bicyclic) bond motifs is 1. The van der Waals surface area contributed by atoms with Crippen LogP contribution in [0.5, 0.6) is 0 Å². The molecule has 3 aliphatic rings. The fraction of sp³-hybridized carbons (Fsp3) is 0.500. The summed E-state index contributed by atoms with van der Waals surface area (Å²) in [5, 5.41) is 16.5. The van der Waals surface area contributed by atoms with Gasteiger partial charge in [-0.05, 0) is 43.7 Å². The number of aliphatic hydroxyl groups excluding tert-OH is 1. The summed E-state index contributed by atoms with van der Waals surface area (Å²) in [4.78, 5) is 35.9. The molecule has 10 heteroatoms. The molecule has 0 radical (unpaired) electrons. The number of benzene rings is 1. The number of amides is 2. The van der Waals surface area contributed by atoms with Crippen LogP contribution < -0.4 is 10.6 Å². The van der Waals surface area contributed by atoms with Crippen molar-refractivity contribution in [1.82, 2.24) is 20.2 Å². The molecule has 1 saturated carbocycles. The zero-order chi connectivity index (χ0) is 23.7. The zero-order valence-electron chi connectivity index (χ0n) is 18.8. The molecule has 2 aromatic rings. The number of aliphatic hydroxyl groups is 1. The average molecular weight is 486 g/mol. The number of nitrogens with one attached hydrogen (secondary N) is 2. The molecule has 1 aromatic heterocycles. The van der Waals surface area contributed by atoms with E-state index < -0.39 is 6.10 Å². The lowest BCUT2D eigenvalue weighted by molar-refractivity contribution is -0.123. The zero-order valence-corrected chi connectivity index (χ0v) is 19.6. The number of carbonyl (C=O) groups excluding carboxylic acids is 2. The van der Waals surface area contributed by atoms with Crippen LogP contribution in [-0.2, 0) is 16.1 Å². The van der Waals surface area contributed by atoms with Gasteiger partial charge < -0.3 is 25.4 Å². The van der Waals surface area contributed by atoms with E-state index >= 15 is 0 Å². The Labute approximate surface area is 202 Å². The minimum absolute atomic E-state index is 0.0422. The van der Waals surface area contributed by atoms with Gasteiger partial charge in [0, 0.05) is 36.9 Å². The summed E-state index contributed by atoms with van der Waals surface area (Å²) in [6, 6.07) is 5.56. The smallest absolute Gasteiger partial charge is 0.254 e. The molecule has 1 saturated heterocycles. The molecule has 3 N–H and O–H groups in total. The van der Waals surface area contributed by atoms with Gasteiger partial charge in [0.05, 0.1) is 29.1 Å². The molecule has 1 aromatic carbocycles. The molecule has 34 heavy (non-hydrogen) atoms. The number of anilines is 1. The summed E-state index contributed by atoms with van der Waals surface area (Å²) >= 11 is 6.41. The van der Waals surface area contributed by atoms with Gasteiger partial charge in [-0.2, -0.15) is 0 Å². The Bertz CT molecular complexity index is 1090. The van der Waals surface area contributed by atoms with Crippen molar-refractivity contribution < 1.29 is 19.4 Å². The first-order chi connectivity index (χ1) is 16.5. The second kappa shape index (κ2) is 9.85. The van der Waals surface area contributed by atoms with Crippen LogP contribution in [0.2, 0.25) is 5.02 Å². The summed E-state index contributed by atoms with van der Waals surface area (Å²) in [5.74, 6) is 0.0326. The van der Waals surface area contributed by atoms with Gasteiger partial charge in [0.2, 0.25) is 11.9 Å². The van der Waals surface area contributed by atoms with E-state index in [1.54, 1.807) is 12.3 Å². The van der Waals surface area contributed by atoms with Crippen LogP contribution in [0.1, 0.15) is 48.0 Å². The van der Waals surface area contributed by atoms with Gasteiger partial charge in [-0.25, -0.2) is 9.97 Å². The summed E-state index contributed by atoms with van der Waals surface area (Å²) in [7, 11) is 0. The molecule has 9 nitrogen and oxygen atoms in total. The van der Waals surface area contributed by atoms with Gasteiger partial charge in [0.25, 0.3) is 5.91 Å². The monoisotopic (exact) mass is 485 g/mol. The van der Waals surface area contributed by atoms with Crippen LogP contribution in [0.4, 0.5) is 5.95 Å². The minimum Gasteiger partial charge on any atom is -0.391 e. The Morgan fingerprint density at radius 3 is 2.82 bits per heavy atom. The van der Waals surface area contributed by atoms with Gasteiger partial charge in [-0.3, -0.25) is 9.59 Å². The molecule has 1 aliphatic carbocycles. The summed E-state index contributed by atoms with van der Waals surface area (Å²) < 4.78 is 5.40. The first-order valence-corrected chi connectivity index (χ1v) is 12.1. The van der Waals surface area contributed by atoms with Crippen molar-refractivity contribution in [1.29, 1.82) is 0 Å². The summed E-state index contributed by atoms with van der Waals surface area (Å²) in [5.41, 5.74) is 2.66. The molecule has 2 amide bonds. The summed E-state index contributed by atoms with van der Waals surface area (Å²) in [6.07, 6.45) is 5.17. The minimum atomic E-state index is -0.513. The lowest BCUT2D eigenvalue weighted by Crippen LogP contribution is -2.45. The van der Waals surface area contributed by atoms with Crippen molar-refractivity contribution in [3.63, 3.8) is 0 Å². The van der Waals surface area contributed by atoms with E-state index in [9.17, 15) is 14.7 Å². The Balaban J connectivity index is 1.29. The molecular weight excluding hydrogens is 458 g/mol. The van der Waals surface area contributed by atoms with E-state index in [2.05, 4.69) is 20.6 Å². The highest BCUT2D eigenvalue weighted by molar-refractivity contribution is 6.33. The number of halogens is 1. The maximum Gasteiger partial charge on any atom is 0.254 e. The predicted molar refractivity (Wildman–Crippen MR) is 126 cm³/mol. The molecule has 180 valence electrons. The topological polar surface area (TPSA) is 117 Å². The second-order valence-corrected chi connectivity index (χ2v) is 9.53. The Kier molecular flexibility index (Phi) is 6.67. The van der Waals surface area contributed by atoms with E-state index in [0.717, 1.165) is 36.8 Å². The van der Waals surface area contributed by atoms with E-state index in [4.69, 9.17) is 16.3 Å². The van der Waals surface area contributed by atoms with Crippen molar-refractivity contribution in [2.75, 3.05) is 25.1 Å². The van der Waals surface area contributed by atoms with E-state index in [1.807, 2.05) is 12.1 Å². The maximum atomic E-state index is 13.0. The molecule has 3 heterocycles. The highest BCUT2D eigenvalue weighted by Gasteiger charge is 2.32. The fourth-order valence-corrected chi connectivity index (χ4v) is 5.03. The first-order valence-electron chi connectivity index (χ1n) is 11.7. The maximum absolute atomic E-state index is 13.0. The largest absolute Gasteiger partial charge is 0.391 e. The predicted octanol–water partition coefficient (Wildman–Crippen LogP) is 2.37. The number of hydrogen-bond acceptors (Lipinski definition) is 7. The van der Waals surface area contributed by atoms with Crippen molar-refractivity contribution in [2.24, 2.45) is 0 Å². The van der Waals surface area contributed by atoms with Crippen LogP contribution in [0.25, 0.3) is 11.3 Å². The number of carbonyl (C=O) groups is 2. The normalized spacial score (nSPS) is 22.6. The van der Waals surface area contributed by atoms with Crippen LogP contribution in [-0.4, -0.2) is 69.7 Å². The number of ether oxygens (including phenoxy) is 1. The van der Waals surface area contributed by atoms with E-state index in [-0.39, 0.29) is 30.4 Å². The van der Waals surface area contributed by atoms with E-state index in [0.29, 0.717) is 48.4 Å². The van der Waals surface area contributed by atoms with Crippen LogP contribution in [0.3, 0.4) is 0 Å². The van der Waals surface area contributed by atoms with Crippen LogP contribution >= 0.6 is 11.6 Å². The highest BCUT2D eigenvalue weighted by atomic mass is 35.5. The number of rotatable bonds is 6. The average Bonchev–Trinajstić information content (AvgIpc) is 3.38. The molecular formula is C24H28ClN5O4. The van der Waals surface area contributed by atoms with Gasteiger partial charge >= 0.3 is 0 Å². The second-order valence-electron chi connectivity index (χ2n) is 9.13. The van der Waals surface area contributed by atoms with E-state index in [1.165, 1.54) is 4.90 Å². The lowest BCUT2D eigenvalue weighted by atomic mass is 10.0. The number of hydrogen-bond donors (Lipinski definition) is 3. The SMILES string of the molecule is O=C(CN1Cc2ccc(-c3nc(NC4CCOCC4)ncc3Cl)cc2C1=O)NC1CCCC1O. The van der Waals surface area contributed by atoms with Gasteiger partial charge in [0.1, 0.15) is 6.54 Å². The van der Waals surface area contributed by atoms with Gasteiger partial charge in [-0.15, -0.1) is 0 Å². The summed E-state index contributed by atoms with van der Waals surface area (Å²) in [6.45, 7) is 1.74. The molecule has 5 rings (SSSR count). The van der Waals surface area contributed by atoms with Crippen molar-refractivity contribution in [3.8, 4) is 11.3 Å². The molecule has 2 fully saturated rings. The highest BCUT2D eigenvalue weighted by Crippen LogP contribution is 2.31. The van der Waals surface area contributed by atoms with Crippen molar-refractivity contribution >= 4 is 29.4 Å². The fourth-order valence-electron chi connectivity index (χ4n) is 4.83. The lowest BCUT2D eigenvalue weighted by Gasteiger charge is -2.23. The van der Waals surface area contributed by atoms with Crippen molar-refractivity contribution in [2.45, 2.75) is 56.8 Å². The Morgan fingerprint density at radius 1 is 1.24 bits per heavy atom.